The first kappa shape index (κ1) is 20.7. The Balaban J connectivity index is 1.61. The van der Waals surface area contributed by atoms with Gasteiger partial charge in [-0.15, -0.1) is 0 Å². The molecular weight excluding hydrogens is 386 g/mol. The van der Waals surface area contributed by atoms with E-state index in [0.717, 1.165) is 16.9 Å². The lowest BCUT2D eigenvalue weighted by atomic mass is 10.1. The monoisotopic (exact) mass is 409 g/mol. The van der Waals surface area contributed by atoms with Crippen molar-refractivity contribution in [3.8, 4) is 17.4 Å². The normalized spacial score (nSPS) is 11.6. The van der Waals surface area contributed by atoms with E-state index in [0.29, 0.717) is 16.7 Å². The first-order valence-electron chi connectivity index (χ1n) is 9.17. The number of hydrogen-bond acceptors (Lipinski definition) is 6. The topological polar surface area (TPSA) is 73.3 Å². The largest absolute Gasteiger partial charge is 0.497 e. The summed E-state index contributed by atoms with van der Waals surface area (Å²) in [4.78, 5) is 21.0. The number of amides is 1. The van der Waals surface area contributed by atoms with Crippen LogP contribution in [0, 0.1) is 6.92 Å². The fourth-order valence-electron chi connectivity index (χ4n) is 2.67. The number of nitrogens with one attached hydrogen (secondary N) is 1. The Morgan fingerprint density at radius 2 is 1.93 bits per heavy atom. The molecule has 0 aliphatic rings. The molecule has 0 fully saturated rings. The molecule has 7 heteroatoms. The van der Waals surface area contributed by atoms with E-state index < -0.39 is 0 Å². The van der Waals surface area contributed by atoms with E-state index in [2.05, 4.69) is 15.3 Å². The molecule has 1 amide bonds. The van der Waals surface area contributed by atoms with Crippen LogP contribution in [0.1, 0.15) is 24.1 Å². The Kier molecular flexibility index (Phi) is 7.08. The molecule has 6 nitrogen and oxygen atoms in total. The Hall–Kier alpha value is -3.06. The lowest BCUT2D eigenvalue weighted by molar-refractivity contribution is -0.119. The predicted octanol–water partition coefficient (Wildman–Crippen LogP) is 4.56. The average molecular weight is 410 g/mol. The fraction of sp³-hybridized carbons (Fsp3) is 0.227. The van der Waals surface area contributed by atoms with E-state index in [1.165, 1.54) is 11.8 Å². The number of benzene rings is 2. The van der Waals surface area contributed by atoms with Gasteiger partial charge in [-0.2, -0.15) is 0 Å². The van der Waals surface area contributed by atoms with Crippen LogP contribution >= 0.6 is 11.8 Å². The van der Waals surface area contributed by atoms with Crippen molar-refractivity contribution >= 4 is 17.7 Å². The number of thioether (sulfide) groups is 1. The number of ether oxygens (including phenoxy) is 2. The van der Waals surface area contributed by atoms with Gasteiger partial charge in [0.25, 0.3) is 5.88 Å². The third kappa shape index (κ3) is 5.71. The maximum Gasteiger partial charge on any atom is 0.252 e. The van der Waals surface area contributed by atoms with Crippen LogP contribution in [-0.4, -0.2) is 28.7 Å². The molecule has 0 saturated carbocycles. The van der Waals surface area contributed by atoms with Crippen LogP contribution in [0.15, 0.2) is 66.0 Å². The van der Waals surface area contributed by atoms with E-state index in [1.54, 1.807) is 19.5 Å². The number of methoxy groups -OCH3 is 1. The van der Waals surface area contributed by atoms with Gasteiger partial charge in [0, 0.05) is 12.4 Å². The summed E-state index contributed by atoms with van der Waals surface area (Å²) < 4.78 is 11.1. The van der Waals surface area contributed by atoms with Crippen molar-refractivity contribution in [3.63, 3.8) is 0 Å². The van der Waals surface area contributed by atoms with E-state index >= 15 is 0 Å². The van der Waals surface area contributed by atoms with Crippen LogP contribution in [0.25, 0.3) is 0 Å². The molecule has 3 aromatic rings. The molecule has 0 aliphatic heterocycles. The highest BCUT2D eigenvalue weighted by molar-refractivity contribution is 8.00. The maximum absolute atomic E-state index is 12.4. The van der Waals surface area contributed by atoms with Crippen molar-refractivity contribution in [2.45, 2.75) is 24.9 Å². The molecular formula is C22H23N3O3S. The summed E-state index contributed by atoms with van der Waals surface area (Å²) >= 11 is 1.29. The van der Waals surface area contributed by atoms with Crippen LogP contribution in [0.5, 0.6) is 17.4 Å². The number of para-hydroxylation sites is 1. The molecule has 2 aromatic carbocycles. The first-order chi connectivity index (χ1) is 14.1. The summed E-state index contributed by atoms with van der Waals surface area (Å²) in [6.07, 6.45) is 3.16. The number of aromatic nitrogens is 2. The number of carbonyl (C=O) groups is 1. The minimum Gasteiger partial charge on any atom is -0.497 e. The maximum atomic E-state index is 12.4. The molecule has 1 N–H and O–H groups in total. The molecule has 3 rings (SSSR count). The average Bonchev–Trinajstić information content (AvgIpc) is 2.74. The highest BCUT2D eigenvalue weighted by Gasteiger charge is 2.14. The zero-order chi connectivity index (χ0) is 20.6. The van der Waals surface area contributed by atoms with Crippen LogP contribution in [0.2, 0.25) is 0 Å². The standard InChI is InChI=1S/C22H23N3O3S/c1-15-7-4-5-10-19(15)28-21-22(24-12-11-23-21)29-14-20(26)25-16(2)17-8-6-9-18(13-17)27-3/h4-13,16H,14H2,1-3H3,(H,25,26)/t16-/m0/s1. The second-order valence-electron chi connectivity index (χ2n) is 6.39. The van der Waals surface area contributed by atoms with Gasteiger partial charge in [0.15, 0.2) is 5.03 Å². The van der Waals surface area contributed by atoms with Gasteiger partial charge in [-0.05, 0) is 43.2 Å². The van der Waals surface area contributed by atoms with Crippen LogP contribution < -0.4 is 14.8 Å². The molecule has 1 atom stereocenters. The fourth-order valence-corrected chi connectivity index (χ4v) is 3.37. The SMILES string of the molecule is COc1cccc([C@H](C)NC(=O)CSc2nccnc2Oc2ccccc2C)c1. The summed E-state index contributed by atoms with van der Waals surface area (Å²) in [5.41, 5.74) is 1.98. The molecule has 1 heterocycles. The molecule has 0 unspecified atom stereocenters. The summed E-state index contributed by atoms with van der Waals surface area (Å²) in [7, 11) is 1.62. The van der Waals surface area contributed by atoms with Crippen molar-refractivity contribution < 1.29 is 14.3 Å². The number of nitrogens with zero attached hydrogens (tertiary/aromatic N) is 2. The lowest BCUT2D eigenvalue weighted by Gasteiger charge is -2.15. The summed E-state index contributed by atoms with van der Waals surface area (Å²) in [6.45, 7) is 3.90. The molecule has 0 bridgehead atoms. The van der Waals surface area contributed by atoms with Gasteiger partial charge in [0.2, 0.25) is 5.91 Å². The van der Waals surface area contributed by atoms with Crippen molar-refractivity contribution in [1.82, 2.24) is 15.3 Å². The third-order valence-corrected chi connectivity index (χ3v) is 5.20. The Bertz CT molecular complexity index is 981. The van der Waals surface area contributed by atoms with Gasteiger partial charge in [-0.3, -0.25) is 4.79 Å². The zero-order valence-corrected chi connectivity index (χ0v) is 17.4. The van der Waals surface area contributed by atoms with Crippen LogP contribution in [0.4, 0.5) is 0 Å². The predicted molar refractivity (Wildman–Crippen MR) is 114 cm³/mol. The highest BCUT2D eigenvalue weighted by atomic mass is 32.2. The number of carbonyl (C=O) groups excluding carboxylic acids is 1. The lowest BCUT2D eigenvalue weighted by Crippen LogP contribution is -2.28. The van der Waals surface area contributed by atoms with E-state index in [9.17, 15) is 4.79 Å². The zero-order valence-electron chi connectivity index (χ0n) is 16.6. The van der Waals surface area contributed by atoms with Crippen molar-refractivity contribution in [2.75, 3.05) is 12.9 Å². The van der Waals surface area contributed by atoms with Gasteiger partial charge in [-0.25, -0.2) is 9.97 Å². The van der Waals surface area contributed by atoms with Crippen molar-refractivity contribution in [1.29, 1.82) is 0 Å². The Labute approximate surface area is 174 Å². The van der Waals surface area contributed by atoms with Gasteiger partial charge < -0.3 is 14.8 Å². The number of rotatable bonds is 8. The highest BCUT2D eigenvalue weighted by Crippen LogP contribution is 2.30. The number of aryl methyl sites for hydroxylation is 1. The Morgan fingerprint density at radius 1 is 1.14 bits per heavy atom. The summed E-state index contributed by atoms with van der Waals surface area (Å²) in [5.74, 6) is 1.97. The minimum atomic E-state index is -0.136. The second kappa shape index (κ2) is 9.93. The van der Waals surface area contributed by atoms with Gasteiger partial charge in [-0.1, -0.05) is 42.1 Å². The molecule has 29 heavy (non-hydrogen) atoms. The van der Waals surface area contributed by atoms with E-state index in [4.69, 9.17) is 9.47 Å². The van der Waals surface area contributed by atoms with Crippen LogP contribution in [0.3, 0.4) is 0 Å². The first-order valence-corrected chi connectivity index (χ1v) is 10.2. The second-order valence-corrected chi connectivity index (χ2v) is 7.35. The molecule has 150 valence electrons. The number of hydrogen-bond donors (Lipinski definition) is 1. The van der Waals surface area contributed by atoms with Gasteiger partial charge >= 0.3 is 0 Å². The van der Waals surface area contributed by atoms with E-state index in [-0.39, 0.29) is 17.7 Å². The minimum absolute atomic E-state index is 0.0992. The quantitative estimate of drug-likeness (QED) is 0.550. The molecule has 0 spiro atoms. The Morgan fingerprint density at radius 3 is 2.72 bits per heavy atom. The summed E-state index contributed by atoms with van der Waals surface area (Å²) in [5, 5.41) is 3.56. The molecule has 0 saturated heterocycles. The van der Waals surface area contributed by atoms with Crippen LogP contribution in [-0.2, 0) is 4.79 Å². The van der Waals surface area contributed by atoms with Crippen molar-refractivity contribution in [2.24, 2.45) is 0 Å². The van der Waals surface area contributed by atoms with E-state index in [1.807, 2.05) is 62.4 Å². The smallest absolute Gasteiger partial charge is 0.252 e. The van der Waals surface area contributed by atoms with Gasteiger partial charge in [0.05, 0.1) is 18.9 Å². The third-order valence-electron chi connectivity index (χ3n) is 4.24. The molecule has 0 radical (unpaired) electrons. The molecule has 1 aromatic heterocycles. The van der Waals surface area contributed by atoms with Gasteiger partial charge in [0.1, 0.15) is 11.5 Å². The van der Waals surface area contributed by atoms with Crippen molar-refractivity contribution in [3.05, 3.63) is 72.1 Å². The summed E-state index contributed by atoms with van der Waals surface area (Å²) in [6, 6.07) is 15.2. The molecule has 0 aliphatic carbocycles.